The molecule has 0 aromatic carbocycles. The van der Waals surface area contributed by atoms with Crippen LogP contribution in [0.4, 0.5) is 4.79 Å². The molecule has 2 rings (SSSR count). The van der Waals surface area contributed by atoms with Gasteiger partial charge in [0.2, 0.25) is 5.91 Å². The highest BCUT2D eigenvalue weighted by Gasteiger charge is 2.24. The van der Waals surface area contributed by atoms with Gasteiger partial charge in [0.25, 0.3) is 0 Å². The molecular weight excluding hydrogens is 410 g/mol. The Labute approximate surface area is 191 Å². The van der Waals surface area contributed by atoms with Crippen LogP contribution in [-0.4, -0.2) is 83.9 Å². The summed E-state index contributed by atoms with van der Waals surface area (Å²) in [6.45, 7) is 8.32. The second-order valence-electron chi connectivity index (χ2n) is 8.11. The molecule has 10 heteroatoms. The van der Waals surface area contributed by atoms with Crippen LogP contribution in [0, 0.1) is 0 Å². The van der Waals surface area contributed by atoms with Crippen LogP contribution in [0.3, 0.4) is 0 Å². The van der Waals surface area contributed by atoms with Gasteiger partial charge in [-0.05, 0) is 32.6 Å². The predicted octanol–water partition coefficient (Wildman–Crippen LogP) is 1.29. The number of amides is 2. The third-order valence-electron chi connectivity index (χ3n) is 5.69. The third-order valence-corrected chi connectivity index (χ3v) is 5.69. The summed E-state index contributed by atoms with van der Waals surface area (Å²) in [5.41, 5.74) is 3.38. The van der Waals surface area contributed by atoms with Crippen LogP contribution in [0.15, 0.2) is 4.99 Å². The number of aryl methyl sites for hydroxylation is 2. The van der Waals surface area contributed by atoms with Crippen LogP contribution in [-0.2, 0) is 36.0 Å². The monoisotopic (exact) mass is 449 g/mol. The van der Waals surface area contributed by atoms with E-state index in [-0.39, 0.29) is 24.6 Å². The first-order chi connectivity index (χ1) is 15.3. The molecule has 2 N–H and O–H groups in total. The van der Waals surface area contributed by atoms with Gasteiger partial charge >= 0.3 is 6.09 Å². The van der Waals surface area contributed by atoms with Gasteiger partial charge in [0.05, 0.1) is 25.4 Å². The molecular formula is C22H39N7O3. The number of carbonyl (C=O) groups excluding carboxylic acids is 2. The molecule has 0 atom stereocenters. The molecule has 0 spiro atoms. The molecule has 1 aromatic rings. The van der Waals surface area contributed by atoms with Gasteiger partial charge in [-0.3, -0.25) is 9.48 Å². The first kappa shape index (κ1) is 25.5. The van der Waals surface area contributed by atoms with E-state index in [9.17, 15) is 9.59 Å². The molecule has 0 unspecified atom stereocenters. The van der Waals surface area contributed by atoms with Crippen LogP contribution >= 0.6 is 0 Å². The van der Waals surface area contributed by atoms with E-state index in [0.717, 1.165) is 36.9 Å². The van der Waals surface area contributed by atoms with Crippen molar-refractivity contribution in [2.24, 2.45) is 12.0 Å². The Morgan fingerprint density at radius 3 is 2.44 bits per heavy atom. The number of hydrogen-bond donors (Lipinski definition) is 2. The van der Waals surface area contributed by atoms with Gasteiger partial charge < -0.3 is 25.2 Å². The van der Waals surface area contributed by atoms with E-state index in [1.54, 1.807) is 23.9 Å². The standard InChI is InChI=1S/C22H39N7O3/c1-7-18-17(19(8-2)28(6)26-18)14-23-21(24-15-20(30)27(4)5)25-16-10-12-29(13-11-16)22(31)32-9-3/h16H,7-15H2,1-6H3,(H2,23,24,25). The number of carbonyl (C=O) groups is 2. The molecule has 10 nitrogen and oxygen atoms in total. The molecule has 2 amide bonds. The van der Waals surface area contributed by atoms with E-state index in [0.29, 0.717) is 32.2 Å². The van der Waals surface area contributed by atoms with Gasteiger partial charge in [-0.1, -0.05) is 13.8 Å². The fourth-order valence-corrected chi connectivity index (χ4v) is 3.82. The number of likely N-dealkylation sites (N-methyl/N-ethyl adjacent to an activating group) is 1. The van der Waals surface area contributed by atoms with E-state index >= 15 is 0 Å². The number of nitrogens with one attached hydrogen (secondary N) is 2. The summed E-state index contributed by atoms with van der Waals surface area (Å²) in [6.07, 6.45) is 3.05. The number of likely N-dealkylation sites (tertiary alicyclic amines) is 1. The zero-order valence-corrected chi connectivity index (χ0v) is 20.4. The first-order valence-corrected chi connectivity index (χ1v) is 11.5. The SMILES string of the molecule is CCOC(=O)N1CCC(NC(=NCc2c(CC)nn(C)c2CC)NCC(=O)N(C)C)CC1. The van der Waals surface area contributed by atoms with Crippen molar-refractivity contribution >= 4 is 18.0 Å². The van der Waals surface area contributed by atoms with Crippen molar-refractivity contribution in [3.63, 3.8) is 0 Å². The Morgan fingerprint density at radius 2 is 1.88 bits per heavy atom. The molecule has 0 bridgehead atoms. The predicted molar refractivity (Wildman–Crippen MR) is 125 cm³/mol. The summed E-state index contributed by atoms with van der Waals surface area (Å²) in [7, 11) is 5.43. The molecule has 1 aliphatic rings. The summed E-state index contributed by atoms with van der Waals surface area (Å²) in [5.74, 6) is 0.573. The van der Waals surface area contributed by atoms with Crippen molar-refractivity contribution < 1.29 is 14.3 Å². The molecule has 1 saturated heterocycles. The van der Waals surface area contributed by atoms with Gasteiger partial charge in [-0.25, -0.2) is 9.79 Å². The number of hydrogen-bond acceptors (Lipinski definition) is 5. The molecule has 180 valence electrons. The molecule has 0 aliphatic carbocycles. The zero-order valence-electron chi connectivity index (χ0n) is 20.4. The lowest BCUT2D eigenvalue weighted by Gasteiger charge is -2.32. The van der Waals surface area contributed by atoms with Crippen molar-refractivity contribution in [3.05, 3.63) is 17.0 Å². The average molecular weight is 450 g/mol. The molecule has 1 fully saturated rings. The number of aliphatic imine (C=N–C) groups is 1. The minimum absolute atomic E-state index is 0.0264. The Morgan fingerprint density at radius 1 is 1.19 bits per heavy atom. The average Bonchev–Trinajstić information content (AvgIpc) is 3.10. The fourth-order valence-electron chi connectivity index (χ4n) is 3.82. The summed E-state index contributed by atoms with van der Waals surface area (Å²) >= 11 is 0. The summed E-state index contributed by atoms with van der Waals surface area (Å²) in [4.78, 5) is 32.1. The summed E-state index contributed by atoms with van der Waals surface area (Å²) in [6, 6.07) is 0.159. The van der Waals surface area contributed by atoms with Crippen molar-refractivity contribution in [1.29, 1.82) is 0 Å². The van der Waals surface area contributed by atoms with E-state index in [4.69, 9.17) is 9.73 Å². The van der Waals surface area contributed by atoms with Crippen molar-refractivity contribution in [1.82, 2.24) is 30.2 Å². The first-order valence-electron chi connectivity index (χ1n) is 11.5. The van der Waals surface area contributed by atoms with E-state index in [2.05, 4.69) is 29.6 Å². The fraction of sp³-hybridized carbons (Fsp3) is 0.727. The van der Waals surface area contributed by atoms with Crippen molar-refractivity contribution in [2.45, 2.75) is 59.0 Å². The number of ether oxygens (including phenoxy) is 1. The second-order valence-corrected chi connectivity index (χ2v) is 8.11. The molecule has 0 saturated carbocycles. The van der Waals surface area contributed by atoms with Crippen LogP contribution in [0.1, 0.15) is 50.6 Å². The molecule has 0 radical (unpaired) electrons. The Balaban J connectivity index is 2.10. The zero-order chi connectivity index (χ0) is 23.7. The maximum absolute atomic E-state index is 12.1. The van der Waals surface area contributed by atoms with E-state index < -0.39 is 0 Å². The van der Waals surface area contributed by atoms with Crippen molar-refractivity contribution in [3.8, 4) is 0 Å². The van der Waals surface area contributed by atoms with Crippen LogP contribution < -0.4 is 10.6 Å². The topological polar surface area (TPSA) is 104 Å². The van der Waals surface area contributed by atoms with Gasteiger partial charge in [0.1, 0.15) is 0 Å². The lowest BCUT2D eigenvalue weighted by atomic mass is 10.1. The lowest BCUT2D eigenvalue weighted by Crippen LogP contribution is -2.51. The highest BCUT2D eigenvalue weighted by molar-refractivity contribution is 5.86. The van der Waals surface area contributed by atoms with Gasteiger partial charge in [-0.15, -0.1) is 0 Å². The number of nitrogens with zero attached hydrogens (tertiary/aromatic N) is 5. The minimum Gasteiger partial charge on any atom is -0.450 e. The van der Waals surface area contributed by atoms with Crippen LogP contribution in [0.25, 0.3) is 0 Å². The number of guanidine groups is 1. The molecule has 1 aromatic heterocycles. The minimum atomic E-state index is -0.259. The quantitative estimate of drug-likeness (QED) is 0.458. The second kappa shape index (κ2) is 12.3. The Bertz CT molecular complexity index is 796. The van der Waals surface area contributed by atoms with Crippen molar-refractivity contribution in [2.75, 3.05) is 40.3 Å². The highest BCUT2D eigenvalue weighted by Crippen LogP contribution is 2.17. The number of rotatable bonds is 8. The smallest absolute Gasteiger partial charge is 0.409 e. The molecule has 32 heavy (non-hydrogen) atoms. The largest absolute Gasteiger partial charge is 0.450 e. The van der Waals surface area contributed by atoms with E-state index in [1.165, 1.54) is 5.69 Å². The van der Waals surface area contributed by atoms with Crippen LogP contribution in [0.2, 0.25) is 0 Å². The maximum atomic E-state index is 12.1. The number of aromatic nitrogens is 2. The van der Waals surface area contributed by atoms with Crippen LogP contribution in [0.5, 0.6) is 0 Å². The number of piperidine rings is 1. The molecule has 1 aliphatic heterocycles. The van der Waals surface area contributed by atoms with E-state index in [1.807, 2.05) is 18.7 Å². The Hall–Kier alpha value is -2.78. The summed E-state index contributed by atoms with van der Waals surface area (Å²) < 4.78 is 7.03. The van der Waals surface area contributed by atoms with Gasteiger partial charge in [0, 0.05) is 51.5 Å². The summed E-state index contributed by atoms with van der Waals surface area (Å²) in [5, 5.41) is 11.3. The normalized spacial score (nSPS) is 14.9. The molecule has 2 heterocycles. The van der Waals surface area contributed by atoms with Gasteiger partial charge in [0.15, 0.2) is 5.96 Å². The maximum Gasteiger partial charge on any atom is 0.409 e. The Kier molecular flexibility index (Phi) is 9.80. The van der Waals surface area contributed by atoms with Gasteiger partial charge in [-0.2, -0.15) is 5.10 Å². The highest BCUT2D eigenvalue weighted by atomic mass is 16.6. The third kappa shape index (κ3) is 6.86. The lowest BCUT2D eigenvalue weighted by molar-refractivity contribution is -0.127.